The number of rotatable bonds is 3. The van der Waals surface area contributed by atoms with Gasteiger partial charge >= 0.3 is 0 Å². The topological polar surface area (TPSA) is 76.1 Å². The lowest BCUT2D eigenvalue weighted by atomic mass is 10.1. The summed E-state index contributed by atoms with van der Waals surface area (Å²) in [6, 6.07) is 9.45. The third kappa shape index (κ3) is 3.47. The quantitative estimate of drug-likeness (QED) is 0.895. The van der Waals surface area contributed by atoms with Gasteiger partial charge in [-0.15, -0.1) is 0 Å². The van der Waals surface area contributed by atoms with Gasteiger partial charge in [-0.3, -0.25) is 4.79 Å². The maximum Gasteiger partial charge on any atom is 0.254 e. The second kappa shape index (κ2) is 6.64. The van der Waals surface area contributed by atoms with Crippen LogP contribution in [0.4, 0.5) is 5.69 Å². The van der Waals surface area contributed by atoms with Crippen molar-refractivity contribution in [2.45, 2.75) is 13.0 Å². The third-order valence-electron chi connectivity index (χ3n) is 3.42. The van der Waals surface area contributed by atoms with Crippen molar-refractivity contribution in [2.24, 2.45) is 0 Å². The van der Waals surface area contributed by atoms with Crippen LogP contribution in [0.3, 0.4) is 0 Å². The van der Waals surface area contributed by atoms with Crippen LogP contribution in [-0.4, -0.2) is 41.7 Å². The van der Waals surface area contributed by atoms with Crippen molar-refractivity contribution in [3.05, 3.63) is 42.4 Å². The zero-order chi connectivity index (χ0) is 15.4. The minimum Gasteiger partial charge on any atom is -0.366 e. The molecule has 1 aromatic heterocycles. The fraction of sp³-hybridized carbons (Fsp3) is 0.312. The number of carbonyl (C=O) groups is 1. The molecule has 3 rings (SSSR count). The number of aryl methyl sites for hydroxylation is 1. The summed E-state index contributed by atoms with van der Waals surface area (Å²) in [5.74, 6) is 0.580. The summed E-state index contributed by atoms with van der Waals surface area (Å²) >= 11 is 0. The molecule has 1 fully saturated rings. The maximum absolute atomic E-state index is 12.2. The first-order valence-electron chi connectivity index (χ1n) is 7.25. The van der Waals surface area contributed by atoms with Crippen LogP contribution in [0.1, 0.15) is 5.82 Å². The standard InChI is InChI=1S/C16H18N4O2/c1-11-18-6-5-14(19-11)12-3-2-4-13(9-12)20-16(21)15-10-17-7-8-22-15/h2-6,9,15,17H,7-8,10H2,1H3,(H,20,21). The van der Waals surface area contributed by atoms with Crippen molar-refractivity contribution in [1.82, 2.24) is 15.3 Å². The smallest absolute Gasteiger partial charge is 0.254 e. The highest BCUT2D eigenvalue weighted by Gasteiger charge is 2.21. The lowest BCUT2D eigenvalue weighted by Gasteiger charge is -2.22. The third-order valence-corrected chi connectivity index (χ3v) is 3.42. The summed E-state index contributed by atoms with van der Waals surface area (Å²) in [5.41, 5.74) is 2.50. The molecule has 2 N–H and O–H groups in total. The summed E-state index contributed by atoms with van der Waals surface area (Å²) in [6.45, 7) is 3.73. The Hall–Kier alpha value is -2.31. The lowest BCUT2D eigenvalue weighted by Crippen LogP contribution is -2.45. The van der Waals surface area contributed by atoms with E-state index < -0.39 is 6.10 Å². The Morgan fingerprint density at radius 2 is 2.32 bits per heavy atom. The van der Waals surface area contributed by atoms with Gasteiger partial charge in [0.25, 0.3) is 5.91 Å². The first-order valence-corrected chi connectivity index (χ1v) is 7.25. The van der Waals surface area contributed by atoms with E-state index in [4.69, 9.17) is 4.74 Å². The van der Waals surface area contributed by atoms with Gasteiger partial charge in [-0.2, -0.15) is 0 Å². The molecule has 1 aliphatic heterocycles. The molecule has 0 bridgehead atoms. The van der Waals surface area contributed by atoms with E-state index in [9.17, 15) is 4.79 Å². The Labute approximate surface area is 128 Å². The maximum atomic E-state index is 12.2. The Kier molecular flexibility index (Phi) is 4.41. The molecule has 1 saturated heterocycles. The molecule has 114 valence electrons. The monoisotopic (exact) mass is 298 g/mol. The predicted octanol–water partition coefficient (Wildman–Crippen LogP) is 1.38. The van der Waals surface area contributed by atoms with Gasteiger partial charge in [-0.05, 0) is 25.1 Å². The molecule has 22 heavy (non-hydrogen) atoms. The van der Waals surface area contributed by atoms with Gasteiger partial charge in [0.05, 0.1) is 12.3 Å². The molecule has 6 nitrogen and oxygen atoms in total. The molecule has 1 atom stereocenters. The van der Waals surface area contributed by atoms with Crippen LogP contribution in [0.2, 0.25) is 0 Å². The minimum absolute atomic E-state index is 0.136. The average Bonchev–Trinajstić information content (AvgIpc) is 2.56. The van der Waals surface area contributed by atoms with Gasteiger partial charge in [0.1, 0.15) is 11.9 Å². The van der Waals surface area contributed by atoms with Crippen molar-refractivity contribution >= 4 is 11.6 Å². The molecule has 1 amide bonds. The molecule has 0 saturated carbocycles. The van der Waals surface area contributed by atoms with Crippen molar-refractivity contribution in [3.63, 3.8) is 0 Å². The highest BCUT2D eigenvalue weighted by Crippen LogP contribution is 2.21. The van der Waals surface area contributed by atoms with Crippen LogP contribution in [-0.2, 0) is 9.53 Å². The molecule has 0 spiro atoms. The number of carbonyl (C=O) groups excluding carboxylic acids is 1. The van der Waals surface area contributed by atoms with Crippen molar-refractivity contribution in [1.29, 1.82) is 0 Å². The molecular formula is C16H18N4O2. The number of ether oxygens (including phenoxy) is 1. The molecule has 1 aromatic carbocycles. The van der Waals surface area contributed by atoms with E-state index in [1.165, 1.54) is 0 Å². The highest BCUT2D eigenvalue weighted by atomic mass is 16.5. The summed E-state index contributed by atoms with van der Waals surface area (Å²) in [4.78, 5) is 20.7. The SMILES string of the molecule is Cc1nccc(-c2cccc(NC(=O)C3CNCCO3)c2)n1. The van der Waals surface area contributed by atoms with Gasteiger partial charge in [0.15, 0.2) is 0 Å². The van der Waals surface area contributed by atoms with E-state index in [1.54, 1.807) is 6.20 Å². The zero-order valence-electron chi connectivity index (χ0n) is 12.4. The van der Waals surface area contributed by atoms with Gasteiger partial charge < -0.3 is 15.4 Å². The predicted molar refractivity (Wildman–Crippen MR) is 83.4 cm³/mol. The minimum atomic E-state index is -0.446. The summed E-state index contributed by atoms with van der Waals surface area (Å²) < 4.78 is 5.45. The average molecular weight is 298 g/mol. The number of nitrogens with zero attached hydrogens (tertiary/aromatic N) is 2. The van der Waals surface area contributed by atoms with E-state index >= 15 is 0 Å². The Morgan fingerprint density at radius 3 is 3.09 bits per heavy atom. The van der Waals surface area contributed by atoms with Gasteiger partial charge in [0, 0.05) is 30.5 Å². The van der Waals surface area contributed by atoms with Crippen molar-refractivity contribution in [2.75, 3.05) is 25.0 Å². The first-order chi connectivity index (χ1) is 10.7. The van der Waals surface area contributed by atoms with Crippen LogP contribution < -0.4 is 10.6 Å². The molecule has 6 heteroatoms. The van der Waals surface area contributed by atoms with Gasteiger partial charge in [-0.1, -0.05) is 12.1 Å². The molecule has 0 aliphatic carbocycles. The number of nitrogens with one attached hydrogen (secondary N) is 2. The Bertz CT molecular complexity index is 669. The fourth-order valence-corrected chi connectivity index (χ4v) is 2.33. The summed E-state index contributed by atoms with van der Waals surface area (Å²) in [7, 11) is 0. The normalized spacial score (nSPS) is 18.0. The first kappa shape index (κ1) is 14.6. The number of anilines is 1. The van der Waals surface area contributed by atoms with Gasteiger partial charge in [-0.25, -0.2) is 9.97 Å². The molecule has 1 aliphatic rings. The highest BCUT2D eigenvalue weighted by molar-refractivity contribution is 5.95. The zero-order valence-corrected chi connectivity index (χ0v) is 12.4. The molecule has 0 radical (unpaired) electrons. The Morgan fingerprint density at radius 1 is 1.41 bits per heavy atom. The second-order valence-electron chi connectivity index (χ2n) is 5.12. The van der Waals surface area contributed by atoms with E-state index in [0.717, 1.165) is 23.5 Å². The van der Waals surface area contributed by atoms with E-state index in [1.807, 2.05) is 37.3 Å². The van der Waals surface area contributed by atoms with Crippen LogP contribution in [0, 0.1) is 6.92 Å². The van der Waals surface area contributed by atoms with Crippen LogP contribution in [0.25, 0.3) is 11.3 Å². The molecule has 1 unspecified atom stereocenters. The van der Waals surface area contributed by atoms with E-state index in [2.05, 4.69) is 20.6 Å². The van der Waals surface area contributed by atoms with Crippen molar-refractivity contribution < 1.29 is 9.53 Å². The molecule has 2 heterocycles. The van der Waals surface area contributed by atoms with Crippen LogP contribution in [0.15, 0.2) is 36.5 Å². The molecular weight excluding hydrogens is 280 g/mol. The number of amides is 1. The second-order valence-corrected chi connectivity index (χ2v) is 5.12. The van der Waals surface area contributed by atoms with E-state index in [-0.39, 0.29) is 5.91 Å². The summed E-state index contributed by atoms with van der Waals surface area (Å²) in [6.07, 6.45) is 1.28. The van der Waals surface area contributed by atoms with Crippen LogP contribution >= 0.6 is 0 Å². The van der Waals surface area contributed by atoms with Gasteiger partial charge in [0.2, 0.25) is 0 Å². The Balaban J connectivity index is 1.75. The number of benzene rings is 1. The fourth-order valence-electron chi connectivity index (χ4n) is 2.33. The summed E-state index contributed by atoms with van der Waals surface area (Å²) in [5, 5.41) is 6.03. The van der Waals surface area contributed by atoms with Crippen molar-refractivity contribution in [3.8, 4) is 11.3 Å². The largest absolute Gasteiger partial charge is 0.366 e. The number of aromatic nitrogens is 2. The number of hydrogen-bond acceptors (Lipinski definition) is 5. The number of hydrogen-bond donors (Lipinski definition) is 2. The lowest BCUT2D eigenvalue weighted by molar-refractivity contribution is -0.128. The number of morpholine rings is 1. The molecule has 2 aromatic rings. The van der Waals surface area contributed by atoms with Crippen LogP contribution in [0.5, 0.6) is 0 Å². The van der Waals surface area contributed by atoms with E-state index in [0.29, 0.717) is 19.0 Å².